The number of nitrogens with one attached hydrogen (secondary N) is 2. The van der Waals surface area contributed by atoms with Crippen molar-refractivity contribution in [1.29, 1.82) is 0 Å². The molecule has 0 unspecified atom stereocenters. The van der Waals surface area contributed by atoms with Crippen LogP contribution in [0.25, 0.3) is 0 Å². The van der Waals surface area contributed by atoms with Crippen molar-refractivity contribution < 1.29 is 4.42 Å². The summed E-state index contributed by atoms with van der Waals surface area (Å²) >= 11 is 0. The number of halogens is 1. The number of rotatable bonds is 7. The molecule has 0 saturated carbocycles. The van der Waals surface area contributed by atoms with Gasteiger partial charge >= 0.3 is 0 Å². The van der Waals surface area contributed by atoms with E-state index < -0.39 is 0 Å². The summed E-state index contributed by atoms with van der Waals surface area (Å²) < 4.78 is 5.86. The molecule has 9 heteroatoms. The lowest BCUT2D eigenvalue weighted by Gasteiger charge is -2.34. The van der Waals surface area contributed by atoms with Crippen molar-refractivity contribution in [2.45, 2.75) is 53.1 Å². The summed E-state index contributed by atoms with van der Waals surface area (Å²) in [6.07, 6.45) is 3.69. The quantitative estimate of drug-likeness (QED) is 0.308. The summed E-state index contributed by atoms with van der Waals surface area (Å²) in [6.45, 7) is 17.8. The van der Waals surface area contributed by atoms with E-state index in [4.69, 9.17) is 9.41 Å². The van der Waals surface area contributed by atoms with E-state index in [2.05, 4.69) is 71.1 Å². The first-order valence-corrected chi connectivity index (χ1v) is 11.3. The van der Waals surface area contributed by atoms with Gasteiger partial charge in [-0.3, -0.25) is 0 Å². The minimum absolute atomic E-state index is 0. The summed E-state index contributed by atoms with van der Waals surface area (Å²) in [7, 11) is 0. The molecule has 0 aromatic carbocycles. The molecule has 1 fully saturated rings. The van der Waals surface area contributed by atoms with E-state index in [9.17, 15) is 0 Å². The number of aliphatic imine (C=N–C) groups is 1. The van der Waals surface area contributed by atoms with Crippen molar-refractivity contribution in [3.8, 4) is 0 Å². The van der Waals surface area contributed by atoms with Crippen LogP contribution in [0.4, 0.5) is 5.82 Å². The fourth-order valence-electron chi connectivity index (χ4n) is 3.44. The average molecular weight is 556 g/mol. The van der Waals surface area contributed by atoms with Gasteiger partial charge < -0.3 is 24.9 Å². The monoisotopic (exact) mass is 555 g/mol. The molecule has 1 aliphatic heterocycles. The Morgan fingerprint density at radius 2 is 1.88 bits per heavy atom. The summed E-state index contributed by atoms with van der Waals surface area (Å²) in [5.41, 5.74) is 1.10. The van der Waals surface area contributed by atoms with Crippen LogP contribution in [0.15, 0.2) is 33.9 Å². The normalized spacial score (nSPS) is 15.4. The molecule has 0 radical (unpaired) electrons. The van der Waals surface area contributed by atoms with Crippen LogP contribution in [0.1, 0.15) is 51.8 Å². The minimum Gasteiger partial charge on any atom is -0.443 e. The van der Waals surface area contributed by atoms with Gasteiger partial charge in [0.05, 0.1) is 19.3 Å². The van der Waals surface area contributed by atoms with Crippen molar-refractivity contribution in [3.05, 3.63) is 41.7 Å². The Hall–Kier alpha value is -1.88. The molecule has 1 saturated heterocycles. The van der Waals surface area contributed by atoms with Gasteiger partial charge in [0.2, 0.25) is 5.89 Å². The van der Waals surface area contributed by atoms with E-state index in [-0.39, 0.29) is 29.4 Å². The predicted octanol–water partition coefficient (Wildman–Crippen LogP) is 3.38. The second kappa shape index (κ2) is 12.4. The molecule has 178 valence electrons. The zero-order valence-corrected chi connectivity index (χ0v) is 22.3. The molecule has 0 amide bonds. The van der Waals surface area contributed by atoms with E-state index in [0.717, 1.165) is 62.4 Å². The van der Waals surface area contributed by atoms with Crippen LogP contribution in [0.5, 0.6) is 0 Å². The van der Waals surface area contributed by atoms with Crippen molar-refractivity contribution in [3.63, 3.8) is 0 Å². The third-order valence-corrected chi connectivity index (χ3v) is 5.42. The Morgan fingerprint density at radius 1 is 1.12 bits per heavy atom. The standard InChI is InChI=1S/C23H37N7O.HI/c1-6-24-22(28-17-21-26-16-19(31-21)23(3,4)5)27-15-18-8-9-25-20(14-18)30-12-10-29(7-2)11-13-30;/h8-9,14,16H,6-7,10-13,15,17H2,1-5H3,(H2,24,27,28);1H. The van der Waals surface area contributed by atoms with Crippen LogP contribution in [-0.4, -0.2) is 60.1 Å². The Labute approximate surface area is 209 Å². The Bertz CT molecular complexity index is 854. The number of nitrogens with zero attached hydrogens (tertiary/aromatic N) is 5. The van der Waals surface area contributed by atoms with Gasteiger partial charge in [-0.15, -0.1) is 24.0 Å². The van der Waals surface area contributed by atoms with Gasteiger partial charge in [-0.2, -0.15) is 0 Å². The third kappa shape index (κ3) is 7.61. The third-order valence-electron chi connectivity index (χ3n) is 5.42. The van der Waals surface area contributed by atoms with Gasteiger partial charge in [-0.1, -0.05) is 27.7 Å². The lowest BCUT2D eigenvalue weighted by Crippen LogP contribution is -2.46. The molecule has 2 aromatic heterocycles. The lowest BCUT2D eigenvalue weighted by molar-refractivity contribution is 0.270. The van der Waals surface area contributed by atoms with E-state index in [1.54, 1.807) is 6.20 Å². The largest absolute Gasteiger partial charge is 0.443 e. The van der Waals surface area contributed by atoms with Crippen LogP contribution in [0.3, 0.4) is 0 Å². The zero-order chi connectivity index (χ0) is 22.3. The molecule has 0 bridgehead atoms. The maximum absolute atomic E-state index is 5.86. The number of guanidine groups is 1. The number of hydrogen-bond donors (Lipinski definition) is 2. The van der Waals surface area contributed by atoms with Gasteiger partial charge in [-0.25, -0.2) is 15.0 Å². The lowest BCUT2D eigenvalue weighted by atomic mass is 9.94. The van der Waals surface area contributed by atoms with Crippen LogP contribution in [0, 0.1) is 0 Å². The fraction of sp³-hybridized carbons (Fsp3) is 0.609. The van der Waals surface area contributed by atoms with E-state index in [0.29, 0.717) is 19.0 Å². The summed E-state index contributed by atoms with van der Waals surface area (Å²) in [5, 5.41) is 6.60. The average Bonchev–Trinajstić information content (AvgIpc) is 3.26. The zero-order valence-electron chi connectivity index (χ0n) is 20.0. The molecule has 3 heterocycles. The first kappa shape index (κ1) is 26.4. The molecular formula is C23H38IN7O. The Kier molecular flexibility index (Phi) is 10.2. The Balaban J connectivity index is 0.00000363. The highest BCUT2D eigenvalue weighted by atomic mass is 127. The minimum atomic E-state index is -0.0495. The first-order valence-electron chi connectivity index (χ1n) is 11.3. The van der Waals surface area contributed by atoms with Crippen molar-refractivity contribution >= 4 is 35.8 Å². The molecule has 1 aliphatic rings. The second-order valence-electron chi connectivity index (χ2n) is 8.86. The van der Waals surface area contributed by atoms with E-state index in [1.165, 1.54) is 0 Å². The van der Waals surface area contributed by atoms with Crippen molar-refractivity contribution in [2.24, 2.45) is 4.99 Å². The SMILES string of the molecule is CCNC(=NCc1ccnc(N2CCN(CC)CC2)c1)NCc1ncc(C(C)(C)C)o1.I. The number of anilines is 1. The summed E-state index contributed by atoms with van der Waals surface area (Å²) in [5.74, 6) is 3.33. The number of oxazole rings is 1. The molecular weight excluding hydrogens is 517 g/mol. The molecule has 0 aliphatic carbocycles. The van der Waals surface area contributed by atoms with E-state index >= 15 is 0 Å². The highest BCUT2D eigenvalue weighted by Gasteiger charge is 2.19. The van der Waals surface area contributed by atoms with Gasteiger partial charge in [0.25, 0.3) is 0 Å². The van der Waals surface area contributed by atoms with Crippen LogP contribution in [-0.2, 0) is 18.5 Å². The van der Waals surface area contributed by atoms with Crippen LogP contribution < -0.4 is 15.5 Å². The van der Waals surface area contributed by atoms with E-state index in [1.807, 2.05) is 12.3 Å². The van der Waals surface area contributed by atoms with Gasteiger partial charge in [0.1, 0.15) is 11.6 Å². The molecule has 3 rings (SSSR count). The maximum Gasteiger partial charge on any atom is 0.213 e. The maximum atomic E-state index is 5.86. The van der Waals surface area contributed by atoms with Crippen LogP contribution in [0.2, 0.25) is 0 Å². The van der Waals surface area contributed by atoms with Gasteiger partial charge in [-0.05, 0) is 31.2 Å². The fourth-order valence-corrected chi connectivity index (χ4v) is 3.44. The molecule has 2 aromatic rings. The second-order valence-corrected chi connectivity index (χ2v) is 8.86. The summed E-state index contributed by atoms with van der Waals surface area (Å²) in [6, 6.07) is 4.18. The van der Waals surface area contributed by atoms with Gasteiger partial charge in [0, 0.05) is 44.3 Å². The Morgan fingerprint density at radius 3 is 2.50 bits per heavy atom. The predicted molar refractivity (Wildman–Crippen MR) is 141 cm³/mol. The highest BCUT2D eigenvalue weighted by molar-refractivity contribution is 14.0. The molecule has 8 nitrogen and oxygen atoms in total. The van der Waals surface area contributed by atoms with Gasteiger partial charge in [0.15, 0.2) is 5.96 Å². The topological polar surface area (TPSA) is 81.8 Å². The number of hydrogen-bond acceptors (Lipinski definition) is 6. The molecule has 0 spiro atoms. The first-order chi connectivity index (χ1) is 14.9. The number of likely N-dealkylation sites (N-methyl/N-ethyl adjacent to an activating group) is 1. The smallest absolute Gasteiger partial charge is 0.213 e. The molecule has 2 N–H and O–H groups in total. The van der Waals surface area contributed by atoms with Crippen LogP contribution >= 0.6 is 24.0 Å². The summed E-state index contributed by atoms with van der Waals surface area (Å²) in [4.78, 5) is 18.5. The molecule has 0 atom stereocenters. The number of aromatic nitrogens is 2. The number of piperazine rings is 1. The number of pyridine rings is 1. The van der Waals surface area contributed by atoms with Crippen molar-refractivity contribution in [2.75, 3.05) is 44.2 Å². The molecule has 32 heavy (non-hydrogen) atoms. The highest BCUT2D eigenvalue weighted by Crippen LogP contribution is 2.22. The van der Waals surface area contributed by atoms with Crippen molar-refractivity contribution in [1.82, 2.24) is 25.5 Å².